The smallest absolute Gasteiger partial charge is 0.411 e. The summed E-state index contributed by atoms with van der Waals surface area (Å²) in [5.74, 6) is 0. The Morgan fingerprint density at radius 1 is 1.36 bits per heavy atom. The van der Waals surface area contributed by atoms with E-state index < -0.39 is 17.3 Å². The number of aromatic amines is 2. The lowest BCUT2D eigenvalue weighted by Crippen LogP contribution is -2.34. The van der Waals surface area contributed by atoms with Crippen molar-refractivity contribution in [3.63, 3.8) is 0 Å². The molecule has 3 N–H and O–H groups in total. The fraction of sp³-hybridized carbons (Fsp3) is 0.286. The zero-order valence-corrected chi connectivity index (χ0v) is 7.62. The van der Waals surface area contributed by atoms with E-state index in [9.17, 15) is 14.4 Å². The van der Waals surface area contributed by atoms with Crippen molar-refractivity contribution < 1.29 is 9.90 Å². The first-order valence-corrected chi connectivity index (χ1v) is 3.73. The van der Waals surface area contributed by atoms with Crippen molar-refractivity contribution in [2.24, 2.45) is 0 Å². The Bertz CT molecular complexity index is 473. The molecular formula is C7H9N3O4. The van der Waals surface area contributed by atoms with Crippen molar-refractivity contribution in [3.05, 3.63) is 26.5 Å². The van der Waals surface area contributed by atoms with Gasteiger partial charge in [-0.05, 0) is 6.92 Å². The number of hydrogen-bond acceptors (Lipinski definition) is 3. The Kier molecular flexibility index (Phi) is 2.41. The van der Waals surface area contributed by atoms with Crippen LogP contribution in [0.25, 0.3) is 0 Å². The Hall–Kier alpha value is -2.05. The predicted octanol–water partition coefficient (Wildman–Crippen LogP) is -0.514. The van der Waals surface area contributed by atoms with Crippen LogP contribution in [0.4, 0.5) is 10.5 Å². The van der Waals surface area contributed by atoms with Gasteiger partial charge in [-0.25, -0.2) is 9.59 Å². The monoisotopic (exact) mass is 199 g/mol. The normalized spacial score (nSPS) is 9.86. The largest absolute Gasteiger partial charge is 0.465 e. The Balaban J connectivity index is 3.42. The van der Waals surface area contributed by atoms with Crippen molar-refractivity contribution in [3.8, 4) is 0 Å². The van der Waals surface area contributed by atoms with E-state index in [4.69, 9.17) is 5.11 Å². The minimum atomic E-state index is -1.27. The lowest BCUT2D eigenvalue weighted by Gasteiger charge is -2.13. The number of aryl methyl sites for hydroxylation is 1. The first kappa shape index (κ1) is 10.0. The topological polar surface area (TPSA) is 106 Å². The molecule has 7 heteroatoms. The van der Waals surface area contributed by atoms with Gasteiger partial charge >= 0.3 is 11.8 Å². The summed E-state index contributed by atoms with van der Waals surface area (Å²) in [5, 5.41) is 8.63. The summed E-state index contributed by atoms with van der Waals surface area (Å²) >= 11 is 0. The SMILES string of the molecule is Cc1[nH]c(=O)[nH]c(=O)c1N(C)C(=O)O. The van der Waals surface area contributed by atoms with Crippen molar-refractivity contribution in [1.29, 1.82) is 0 Å². The van der Waals surface area contributed by atoms with Crippen LogP contribution < -0.4 is 16.1 Å². The number of anilines is 1. The van der Waals surface area contributed by atoms with Crippen molar-refractivity contribution in [2.45, 2.75) is 6.92 Å². The number of carbonyl (C=O) groups is 1. The molecule has 0 aliphatic heterocycles. The van der Waals surface area contributed by atoms with E-state index >= 15 is 0 Å². The standard InChI is InChI=1S/C7H9N3O4/c1-3-4(10(2)7(13)14)5(11)9-6(12)8-3/h1-2H3,(H,13,14)(H2,8,9,11,12). The zero-order valence-electron chi connectivity index (χ0n) is 7.62. The van der Waals surface area contributed by atoms with Crippen LogP contribution in [0, 0.1) is 6.92 Å². The second-order valence-electron chi connectivity index (χ2n) is 2.72. The average Bonchev–Trinajstić information content (AvgIpc) is 2.01. The van der Waals surface area contributed by atoms with E-state index in [1.165, 1.54) is 14.0 Å². The Morgan fingerprint density at radius 2 is 1.93 bits per heavy atom. The molecule has 0 saturated carbocycles. The van der Waals surface area contributed by atoms with Crippen LogP contribution in [0.3, 0.4) is 0 Å². The van der Waals surface area contributed by atoms with Crippen LogP contribution in [0.2, 0.25) is 0 Å². The quantitative estimate of drug-likeness (QED) is 0.566. The molecule has 0 radical (unpaired) electrons. The van der Waals surface area contributed by atoms with Gasteiger partial charge < -0.3 is 10.1 Å². The molecule has 0 aliphatic rings. The minimum absolute atomic E-state index is 0.0860. The highest BCUT2D eigenvalue weighted by Gasteiger charge is 2.15. The molecule has 76 valence electrons. The number of amides is 1. The Morgan fingerprint density at radius 3 is 2.36 bits per heavy atom. The minimum Gasteiger partial charge on any atom is -0.465 e. The first-order chi connectivity index (χ1) is 6.43. The molecule has 1 aromatic heterocycles. The molecule has 1 amide bonds. The lowest BCUT2D eigenvalue weighted by atomic mass is 10.3. The molecule has 0 bridgehead atoms. The molecular weight excluding hydrogens is 190 g/mol. The summed E-state index contributed by atoms with van der Waals surface area (Å²) in [6, 6.07) is 0. The third-order valence-electron chi connectivity index (χ3n) is 1.72. The maximum atomic E-state index is 11.2. The summed E-state index contributed by atoms with van der Waals surface area (Å²) in [7, 11) is 1.22. The van der Waals surface area contributed by atoms with Gasteiger partial charge in [0, 0.05) is 12.7 Å². The van der Waals surface area contributed by atoms with Gasteiger partial charge in [-0.1, -0.05) is 0 Å². The van der Waals surface area contributed by atoms with Gasteiger partial charge in [0.05, 0.1) is 0 Å². The highest BCUT2D eigenvalue weighted by Crippen LogP contribution is 2.07. The van der Waals surface area contributed by atoms with Gasteiger partial charge in [0.2, 0.25) is 0 Å². The van der Waals surface area contributed by atoms with Crippen LogP contribution in [-0.4, -0.2) is 28.2 Å². The highest BCUT2D eigenvalue weighted by molar-refractivity contribution is 5.85. The summed E-state index contributed by atoms with van der Waals surface area (Å²) < 4.78 is 0. The van der Waals surface area contributed by atoms with E-state index in [-0.39, 0.29) is 11.4 Å². The van der Waals surface area contributed by atoms with E-state index in [1.807, 2.05) is 4.98 Å². The summed E-state index contributed by atoms with van der Waals surface area (Å²) in [6.45, 7) is 1.45. The number of rotatable bonds is 1. The number of H-pyrrole nitrogens is 2. The molecule has 1 heterocycles. The molecule has 0 spiro atoms. The second kappa shape index (κ2) is 3.36. The summed E-state index contributed by atoms with van der Waals surface area (Å²) in [4.78, 5) is 37.6. The van der Waals surface area contributed by atoms with Crippen LogP contribution in [-0.2, 0) is 0 Å². The molecule has 1 rings (SSSR count). The molecule has 0 aromatic carbocycles. The fourth-order valence-corrected chi connectivity index (χ4v) is 1.09. The maximum absolute atomic E-state index is 11.2. The van der Waals surface area contributed by atoms with Gasteiger partial charge in [-0.2, -0.15) is 0 Å². The number of carboxylic acid groups (broad SMARTS) is 1. The van der Waals surface area contributed by atoms with E-state index in [1.54, 1.807) is 0 Å². The number of hydrogen-bond donors (Lipinski definition) is 3. The van der Waals surface area contributed by atoms with Gasteiger partial charge in [-0.15, -0.1) is 0 Å². The molecule has 7 nitrogen and oxygen atoms in total. The average molecular weight is 199 g/mol. The van der Waals surface area contributed by atoms with Crippen molar-refractivity contribution >= 4 is 11.8 Å². The molecule has 0 fully saturated rings. The highest BCUT2D eigenvalue weighted by atomic mass is 16.4. The molecule has 14 heavy (non-hydrogen) atoms. The number of nitrogens with one attached hydrogen (secondary N) is 2. The first-order valence-electron chi connectivity index (χ1n) is 3.73. The van der Waals surface area contributed by atoms with Crippen molar-refractivity contribution in [1.82, 2.24) is 9.97 Å². The van der Waals surface area contributed by atoms with Crippen molar-refractivity contribution in [2.75, 3.05) is 11.9 Å². The van der Waals surface area contributed by atoms with Crippen LogP contribution in [0.1, 0.15) is 5.69 Å². The van der Waals surface area contributed by atoms with Crippen LogP contribution in [0.15, 0.2) is 9.59 Å². The van der Waals surface area contributed by atoms with E-state index in [0.29, 0.717) is 0 Å². The van der Waals surface area contributed by atoms with Crippen LogP contribution >= 0.6 is 0 Å². The second-order valence-corrected chi connectivity index (χ2v) is 2.72. The maximum Gasteiger partial charge on any atom is 0.411 e. The number of aromatic nitrogens is 2. The third kappa shape index (κ3) is 1.65. The van der Waals surface area contributed by atoms with Gasteiger partial charge in [0.25, 0.3) is 5.56 Å². The summed E-state index contributed by atoms with van der Waals surface area (Å²) in [5.41, 5.74) is -1.26. The fourth-order valence-electron chi connectivity index (χ4n) is 1.09. The van der Waals surface area contributed by atoms with Gasteiger partial charge in [0.15, 0.2) is 0 Å². The zero-order chi connectivity index (χ0) is 10.9. The molecule has 0 unspecified atom stereocenters. The van der Waals surface area contributed by atoms with Gasteiger partial charge in [-0.3, -0.25) is 14.7 Å². The predicted molar refractivity (Wildman–Crippen MR) is 48.8 cm³/mol. The van der Waals surface area contributed by atoms with Gasteiger partial charge in [0.1, 0.15) is 5.69 Å². The molecule has 0 atom stereocenters. The summed E-state index contributed by atoms with van der Waals surface area (Å²) in [6.07, 6.45) is -1.27. The van der Waals surface area contributed by atoms with E-state index in [0.717, 1.165) is 4.90 Å². The Labute approximate surface area is 78.0 Å². The lowest BCUT2D eigenvalue weighted by molar-refractivity contribution is 0.203. The third-order valence-corrected chi connectivity index (χ3v) is 1.72. The molecule has 0 aliphatic carbocycles. The van der Waals surface area contributed by atoms with Crippen LogP contribution in [0.5, 0.6) is 0 Å². The molecule has 0 saturated heterocycles. The molecule has 1 aromatic rings. The number of nitrogens with zero attached hydrogens (tertiary/aromatic N) is 1. The van der Waals surface area contributed by atoms with E-state index in [2.05, 4.69) is 4.98 Å².